The lowest BCUT2D eigenvalue weighted by Gasteiger charge is -2.08. The number of hydrazine groups is 1. The first-order chi connectivity index (χ1) is 13.4. The van der Waals surface area contributed by atoms with Gasteiger partial charge in [-0.05, 0) is 45.0 Å². The Balaban J connectivity index is 1.42. The van der Waals surface area contributed by atoms with E-state index in [-0.39, 0.29) is 19.9 Å². The molecule has 1 aliphatic heterocycles. The van der Waals surface area contributed by atoms with Crippen LogP contribution in [0.5, 0.6) is 11.5 Å². The lowest BCUT2D eigenvalue weighted by Crippen LogP contribution is -2.44. The zero-order chi connectivity index (χ0) is 20.1. The van der Waals surface area contributed by atoms with Gasteiger partial charge in [0, 0.05) is 11.3 Å². The maximum absolute atomic E-state index is 11.9. The van der Waals surface area contributed by atoms with Crippen LogP contribution in [0.2, 0.25) is 0 Å². The summed E-state index contributed by atoms with van der Waals surface area (Å²) >= 11 is 0. The Kier molecular flexibility index (Phi) is 5.78. The number of nitrogens with one attached hydrogen (secondary N) is 2. The van der Waals surface area contributed by atoms with Crippen molar-refractivity contribution in [1.29, 1.82) is 0 Å². The van der Waals surface area contributed by atoms with E-state index in [2.05, 4.69) is 21.1 Å². The summed E-state index contributed by atoms with van der Waals surface area (Å²) in [7, 11) is 0. The zero-order valence-electron chi connectivity index (χ0n) is 15.8. The van der Waals surface area contributed by atoms with Gasteiger partial charge in [-0.1, -0.05) is 5.16 Å². The van der Waals surface area contributed by atoms with Crippen molar-refractivity contribution in [2.24, 2.45) is 5.16 Å². The predicted octanol–water partition coefficient (Wildman–Crippen LogP) is 0.817. The molecule has 10 nitrogen and oxygen atoms in total. The highest BCUT2D eigenvalue weighted by molar-refractivity contribution is 5.99. The first-order valence-electron chi connectivity index (χ1n) is 8.57. The number of nitrogens with zero attached hydrogens (tertiary/aromatic N) is 3. The minimum absolute atomic E-state index is 0.00217. The van der Waals surface area contributed by atoms with Gasteiger partial charge in [0.15, 0.2) is 18.1 Å². The summed E-state index contributed by atoms with van der Waals surface area (Å²) in [4.78, 5) is 28.7. The van der Waals surface area contributed by atoms with Gasteiger partial charge in [-0.2, -0.15) is 5.10 Å². The Hall–Kier alpha value is -3.56. The van der Waals surface area contributed by atoms with Crippen LogP contribution in [0.3, 0.4) is 0 Å². The summed E-state index contributed by atoms with van der Waals surface area (Å²) in [6.07, 6.45) is 0. The SMILES string of the molecule is C/C(=N/OCC(=O)NNC(=O)Cn1nc(C)cc1C)c1ccc2c(c1)OCO2. The van der Waals surface area contributed by atoms with Crippen LogP contribution in [-0.4, -0.2) is 40.7 Å². The summed E-state index contributed by atoms with van der Waals surface area (Å²) in [5, 5.41) is 8.08. The summed E-state index contributed by atoms with van der Waals surface area (Å²) < 4.78 is 12.1. The van der Waals surface area contributed by atoms with Crippen molar-refractivity contribution in [2.45, 2.75) is 27.3 Å². The van der Waals surface area contributed by atoms with Gasteiger partial charge in [-0.3, -0.25) is 25.1 Å². The van der Waals surface area contributed by atoms with E-state index in [0.717, 1.165) is 17.0 Å². The number of amides is 2. The molecule has 0 spiro atoms. The maximum atomic E-state index is 11.9. The van der Waals surface area contributed by atoms with E-state index in [1.54, 1.807) is 23.7 Å². The lowest BCUT2D eigenvalue weighted by atomic mass is 10.1. The summed E-state index contributed by atoms with van der Waals surface area (Å²) in [5.41, 5.74) is 7.60. The van der Waals surface area contributed by atoms with Gasteiger partial charge in [0.25, 0.3) is 11.8 Å². The Bertz CT molecular complexity index is 921. The average Bonchev–Trinajstić information content (AvgIpc) is 3.25. The van der Waals surface area contributed by atoms with Gasteiger partial charge in [-0.15, -0.1) is 0 Å². The molecule has 0 saturated carbocycles. The molecule has 0 unspecified atom stereocenters. The largest absolute Gasteiger partial charge is 0.454 e. The fourth-order valence-electron chi connectivity index (χ4n) is 2.55. The fraction of sp³-hybridized carbons (Fsp3) is 0.333. The molecule has 0 bridgehead atoms. The van der Waals surface area contributed by atoms with Crippen molar-refractivity contribution >= 4 is 17.5 Å². The minimum Gasteiger partial charge on any atom is -0.454 e. The molecular weight excluding hydrogens is 366 g/mol. The molecule has 2 aromatic rings. The van der Waals surface area contributed by atoms with Crippen molar-refractivity contribution < 1.29 is 23.9 Å². The van der Waals surface area contributed by atoms with Crippen LogP contribution in [0.1, 0.15) is 23.9 Å². The summed E-state index contributed by atoms with van der Waals surface area (Å²) in [5.74, 6) is 0.367. The number of benzene rings is 1. The molecule has 0 aliphatic carbocycles. The minimum atomic E-state index is -0.538. The third-order valence-electron chi connectivity index (χ3n) is 3.93. The normalized spacial score (nSPS) is 12.6. The number of aromatic nitrogens is 2. The van der Waals surface area contributed by atoms with E-state index < -0.39 is 11.8 Å². The number of hydrogen-bond acceptors (Lipinski definition) is 7. The molecular formula is C18H21N5O5. The Labute approximate surface area is 161 Å². The van der Waals surface area contributed by atoms with E-state index in [1.807, 2.05) is 26.0 Å². The zero-order valence-corrected chi connectivity index (χ0v) is 15.8. The third kappa shape index (κ3) is 4.78. The molecule has 1 aliphatic rings. The van der Waals surface area contributed by atoms with Crippen LogP contribution < -0.4 is 20.3 Å². The van der Waals surface area contributed by atoms with Crippen molar-refractivity contribution in [1.82, 2.24) is 20.6 Å². The first kappa shape index (κ1) is 19.2. The fourth-order valence-corrected chi connectivity index (χ4v) is 2.55. The quantitative estimate of drug-likeness (QED) is 0.560. The number of rotatable bonds is 6. The molecule has 0 saturated heterocycles. The van der Waals surface area contributed by atoms with E-state index in [9.17, 15) is 9.59 Å². The second-order valence-corrected chi connectivity index (χ2v) is 6.20. The average molecular weight is 387 g/mol. The molecule has 10 heteroatoms. The first-order valence-corrected chi connectivity index (χ1v) is 8.57. The number of fused-ring (bicyclic) bond motifs is 1. The molecule has 0 radical (unpaired) electrons. The van der Waals surface area contributed by atoms with Gasteiger partial charge < -0.3 is 14.3 Å². The molecule has 0 fully saturated rings. The van der Waals surface area contributed by atoms with Crippen LogP contribution in [-0.2, 0) is 21.0 Å². The molecule has 1 aromatic heterocycles. The third-order valence-corrected chi connectivity index (χ3v) is 3.93. The lowest BCUT2D eigenvalue weighted by molar-refractivity contribution is -0.131. The highest BCUT2D eigenvalue weighted by atomic mass is 16.7. The second-order valence-electron chi connectivity index (χ2n) is 6.20. The van der Waals surface area contributed by atoms with Crippen molar-refractivity contribution in [3.05, 3.63) is 41.2 Å². The molecule has 0 atom stereocenters. The van der Waals surface area contributed by atoms with Crippen LogP contribution in [0.15, 0.2) is 29.4 Å². The van der Waals surface area contributed by atoms with E-state index in [0.29, 0.717) is 17.2 Å². The van der Waals surface area contributed by atoms with E-state index in [4.69, 9.17) is 14.3 Å². The topological polar surface area (TPSA) is 116 Å². The number of aryl methyl sites for hydroxylation is 2. The van der Waals surface area contributed by atoms with Crippen LogP contribution >= 0.6 is 0 Å². The van der Waals surface area contributed by atoms with Gasteiger partial charge in [0.05, 0.1) is 11.4 Å². The molecule has 1 aromatic carbocycles. The van der Waals surface area contributed by atoms with Gasteiger partial charge in [-0.25, -0.2) is 0 Å². The Morgan fingerprint density at radius 2 is 1.93 bits per heavy atom. The molecule has 28 heavy (non-hydrogen) atoms. The van der Waals surface area contributed by atoms with Crippen LogP contribution in [0, 0.1) is 13.8 Å². The maximum Gasteiger partial charge on any atom is 0.279 e. The van der Waals surface area contributed by atoms with Gasteiger partial charge in [0.2, 0.25) is 6.79 Å². The van der Waals surface area contributed by atoms with Crippen molar-refractivity contribution in [3.63, 3.8) is 0 Å². The number of hydrogen-bond donors (Lipinski definition) is 2. The smallest absolute Gasteiger partial charge is 0.279 e. The van der Waals surface area contributed by atoms with Crippen molar-refractivity contribution in [3.8, 4) is 11.5 Å². The molecule has 3 rings (SSSR count). The molecule has 148 valence electrons. The highest BCUT2D eigenvalue weighted by Gasteiger charge is 2.14. The number of carbonyl (C=O) groups is 2. The van der Waals surface area contributed by atoms with Crippen LogP contribution in [0.25, 0.3) is 0 Å². The van der Waals surface area contributed by atoms with Crippen molar-refractivity contribution in [2.75, 3.05) is 13.4 Å². The Morgan fingerprint density at radius 3 is 2.68 bits per heavy atom. The number of carbonyl (C=O) groups excluding carboxylic acids is 2. The molecule has 2 amide bonds. The second kappa shape index (κ2) is 8.42. The van der Waals surface area contributed by atoms with Gasteiger partial charge >= 0.3 is 0 Å². The standard InChI is InChI=1S/C18H21N5O5/c1-11-6-12(2)23(21-11)8-17(24)19-20-18(25)9-28-22-13(3)14-4-5-15-16(7-14)27-10-26-15/h4-7H,8-10H2,1-3H3,(H,19,24)(H,20,25)/b22-13-. The summed E-state index contributed by atoms with van der Waals surface area (Å²) in [6.45, 7) is 5.28. The van der Waals surface area contributed by atoms with Crippen LogP contribution in [0.4, 0.5) is 0 Å². The summed E-state index contributed by atoms with van der Waals surface area (Å²) in [6, 6.07) is 7.24. The van der Waals surface area contributed by atoms with E-state index >= 15 is 0 Å². The number of oxime groups is 1. The van der Waals surface area contributed by atoms with Gasteiger partial charge in [0.1, 0.15) is 6.54 Å². The monoisotopic (exact) mass is 387 g/mol. The molecule has 2 N–H and O–H groups in total. The molecule has 2 heterocycles. The number of ether oxygens (including phenoxy) is 2. The van der Waals surface area contributed by atoms with E-state index in [1.165, 1.54) is 0 Å². The predicted molar refractivity (Wildman–Crippen MR) is 98.7 cm³/mol. The highest BCUT2D eigenvalue weighted by Crippen LogP contribution is 2.32. The Morgan fingerprint density at radius 1 is 1.18 bits per heavy atom.